The molecule has 5 heteroatoms. The van der Waals surface area contributed by atoms with Gasteiger partial charge in [0.1, 0.15) is 0 Å². The van der Waals surface area contributed by atoms with E-state index in [0.29, 0.717) is 17.0 Å². The summed E-state index contributed by atoms with van der Waals surface area (Å²) >= 11 is 5.92. The lowest BCUT2D eigenvalue weighted by Crippen LogP contribution is -2.19. The fourth-order valence-electron chi connectivity index (χ4n) is 1.69. The van der Waals surface area contributed by atoms with Crippen LogP contribution in [-0.2, 0) is 6.42 Å². The summed E-state index contributed by atoms with van der Waals surface area (Å²) in [6.07, 6.45) is 2.46. The Kier molecular flexibility index (Phi) is 2.83. The molecule has 0 aliphatic heterocycles. The highest BCUT2D eigenvalue weighted by molar-refractivity contribution is 6.31. The molecule has 0 aromatic carbocycles. The van der Waals surface area contributed by atoms with Crippen LogP contribution in [0, 0.1) is 0 Å². The first-order valence-corrected chi connectivity index (χ1v) is 5.44. The molecular formula is C11H12ClN3O. The lowest BCUT2D eigenvalue weighted by molar-refractivity contribution is 0.0964. The van der Waals surface area contributed by atoms with Crippen molar-refractivity contribution >= 4 is 23.0 Å². The molecule has 1 amide bonds. The Hall–Kier alpha value is -1.55. The van der Waals surface area contributed by atoms with Gasteiger partial charge in [-0.3, -0.25) is 4.79 Å². The van der Waals surface area contributed by atoms with Gasteiger partial charge in [0.15, 0.2) is 0 Å². The zero-order valence-corrected chi connectivity index (χ0v) is 9.88. The SMILES string of the molecule is CCc1nn2ccc(Cl)cc2c1C(=O)NC. The quantitative estimate of drug-likeness (QED) is 0.867. The van der Waals surface area contributed by atoms with E-state index < -0.39 is 0 Å². The third-order valence-electron chi connectivity index (χ3n) is 2.46. The van der Waals surface area contributed by atoms with E-state index in [4.69, 9.17) is 11.6 Å². The molecule has 0 bridgehead atoms. The van der Waals surface area contributed by atoms with Crippen LogP contribution in [0.15, 0.2) is 18.3 Å². The van der Waals surface area contributed by atoms with Crippen LogP contribution in [-0.4, -0.2) is 22.6 Å². The van der Waals surface area contributed by atoms with Gasteiger partial charge in [0.25, 0.3) is 5.91 Å². The van der Waals surface area contributed by atoms with Crippen LogP contribution in [0.4, 0.5) is 0 Å². The lowest BCUT2D eigenvalue weighted by atomic mass is 10.1. The van der Waals surface area contributed by atoms with Crippen molar-refractivity contribution in [1.82, 2.24) is 14.9 Å². The molecule has 1 N–H and O–H groups in total. The summed E-state index contributed by atoms with van der Waals surface area (Å²) in [4.78, 5) is 11.8. The molecule has 16 heavy (non-hydrogen) atoms. The summed E-state index contributed by atoms with van der Waals surface area (Å²) < 4.78 is 1.68. The lowest BCUT2D eigenvalue weighted by Gasteiger charge is -1.99. The number of hydrogen-bond donors (Lipinski definition) is 1. The standard InChI is InChI=1S/C11H12ClN3O/c1-3-8-10(11(16)13-2)9-6-7(12)4-5-15(9)14-8/h4-6H,3H2,1-2H3,(H,13,16). The largest absolute Gasteiger partial charge is 0.355 e. The molecule has 0 aliphatic carbocycles. The number of nitrogens with zero attached hydrogens (tertiary/aromatic N) is 2. The minimum Gasteiger partial charge on any atom is -0.355 e. The van der Waals surface area contributed by atoms with E-state index in [1.807, 2.05) is 6.92 Å². The second-order valence-corrected chi connectivity index (χ2v) is 3.87. The van der Waals surface area contributed by atoms with Gasteiger partial charge in [-0.2, -0.15) is 5.10 Å². The number of carbonyl (C=O) groups is 1. The van der Waals surface area contributed by atoms with E-state index in [0.717, 1.165) is 11.2 Å². The molecule has 0 saturated carbocycles. The van der Waals surface area contributed by atoms with Crippen LogP contribution in [0.3, 0.4) is 0 Å². The van der Waals surface area contributed by atoms with Crippen molar-refractivity contribution in [2.24, 2.45) is 0 Å². The molecule has 4 nitrogen and oxygen atoms in total. The summed E-state index contributed by atoms with van der Waals surface area (Å²) in [6.45, 7) is 1.97. The predicted octanol–water partition coefficient (Wildman–Crippen LogP) is 1.91. The average Bonchev–Trinajstić information content (AvgIpc) is 2.65. The smallest absolute Gasteiger partial charge is 0.255 e. The number of pyridine rings is 1. The maximum absolute atomic E-state index is 11.8. The Bertz CT molecular complexity index is 547. The topological polar surface area (TPSA) is 46.4 Å². The summed E-state index contributed by atoms with van der Waals surface area (Å²) in [5.41, 5.74) is 2.12. The molecule has 0 atom stereocenters. The molecule has 0 unspecified atom stereocenters. The van der Waals surface area contributed by atoms with Gasteiger partial charge in [-0.1, -0.05) is 18.5 Å². The molecule has 0 radical (unpaired) electrons. The maximum atomic E-state index is 11.8. The van der Waals surface area contributed by atoms with Crippen LogP contribution < -0.4 is 5.32 Å². The van der Waals surface area contributed by atoms with Gasteiger partial charge < -0.3 is 5.32 Å². The third kappa shape index (κ3) is 1.65. The van der Waals surface area contributed by atoms with E-state index in [1.54, 1.807) is 29.9 Å². The molecule has 0 spiro atoms. The fraction of sp³-hybridized carbons (Fsp3) is 0.273. The normalized spacial score (nSPS) is 10.7. The van der Waals surface area contributed by atoms with Crippen molar-refractivity contribution < 1.29 is 4.79 Å². The molecule has 2 aromatic rings. The van der Waals surface area contributed by atoms with Gasteiger partial charge in [-0.05, 0) is 18.6 Å². The number of rotatable bonds is 2. The van der Waals surface area contributed by atoms with Gasteiger partial charge in [0.2, 0.25) is 0 Å². The molecule has 0 fully saturated rings. The Morgan fingerprint density at radius 1 is 1.62 bits per heavy atom. The van der Waals surface area contributed by atoms with E-state index in [1.165, 1.54) is 0 Å². The van der Waals surface area contributed by atoms with Crippen LogP contribution in [0.1, 0.15) is 23.0 Å². The first-order chi connectivity index (χ1) is 7.67. The van der Waals surface area contributed by atoms with Crippen molar-refractivity contribution in [3.8, 4) is 0 Å². The first-order valence-electron chi connectivity index (χ1n) is 5.06. The van der Waals surface area contributed by atoms with E-state index >= 15 is 0 Å². The first kappa shape index (κ1) is 11.0. The van der Waals surface area contributed by atoms with Crippen LogP contribution in [0.2, 0.25) is 5.02 Å². The van der Waals surface area contributed by atoms with E-state index in [-0.39, 0.29) is 5.91 Å². The molecule has 84 valence electrons. The summed E-state index contributed by atoms with van der Waals surface area (Å²) in [6, 6.07) is 3.49. The minimum absolute atomic E-state index is 0.130. The molecule has 2 heterocycles. The zero-order valence-electron chi connectivity index (χ0n) is 9.12. The highest BCUT2D eigenvalue weighted by Crippen LogP contribution is 2.19. The molecule has 0 saturated heterocycles. The van der Waals surface area contributed by atoms with Gasteiger partial charge >= 0.3 is 0 Å². The number of carbonyl (C=O) groups excluding carboxylic acids is 1. The fourth-order valence-corrected chi connectivity index (χ4v) is 1.85. The van der Waals surface area contributed by atoms with Gasteiger partial charge in [-0.15, -0.1) is 0 Å². The zero-order chi connectivity index (χ0) is 11.7. The van der Waals surface area contributed by atoms with Crippen molar-refractivity contribution in [3.05, 3.63) is 34.6 Å². The average molecular weight is 238 g/mol. The van der Waals surface area contributed by atoms with Gasteiger partial charge in [-0.25, -0.2) is 4.52 Å². The maximum Gasteiger partial charge on any atom is 0.255 e. The molecule has 2 rings (SSSR count). The second-order valence-electron chi connectivity index (χ2n) is 3.43. The van der Waals surface area contributed by atoms with Crippen molar-refractivity contribution in [1.29, 1.82) is 0 Å². The van der Waals surface area contributed by atoms with Crippen molar-refractivity contribution in [2.45, 2.75) is 13.3 Å². The minimum atomic E-state index is -0.130. The van der Waals surface area contributed by atoms with Crippen molar-refractivity contribution in [3.63, 3.8) is 0 Å². The van der Waals surface area contributed by atoms with Crippen LogP contribution in [0.25, 0.3) is 5.52 Å². The summed E-state index contributed by atoms with van der Waals surface area (Å²) in [7, 11) is 1.61. The number of amides is 1. The van der Waals surface area contributed by atoms with Crippen molar-refractivity contribution in [2.75, 3.05) is 7.05 Å². The highest BCUT2D eigenvalue weighted by atomic mass is 35.5. The van der Waals surface area contributed by atoms with Crippen LogP contribution >= 0.6 is 11.6 Å². The van der Waals surface area contributed by atoms with E-state index in [9.17, 15) is 4.79 Å². The Morgan fingerprint density at radius 2 is 2.38 bits per heavy atom. The highest BCUT2D eigenvalue weighted by Gasteiger charge is 2.17. The summed E-state index contributed by atoms with van der Waals surface area (Å²) in [5.74, 6) is -0.130. The Labute approximate surface area is 98.2 Å². The summed E-state index contributed by atoms with van der Waals surface area (Å²) in [5, 5.41) is 7.55. The number of hydrogen-bond acceptors (Lipinski definition) is 2. The number of fused-ring (bicyclic) bond motifs is 1. The Balaban J connectivity index is 2.75. The molecular weight excluding hydrogens is 226 g/mol. The number of aromatic nitrogens is 2. The van der Waals surface area contributed by atoms with Gasteiger partial charge in [0.05, 0.1) is 16.8 Å². The number of aryl methyl sites for hydroxylation is 1. The number of halogens is 1. The molecule has 2 aromatic heterocycles. The second kappa shape index (κ2) is 4.14. The molecule has 0 aliphatic rings. The predicted molar refractivity (Wildman–Crippen MR) is 63.0 cm³/mol. The van der Waals surface area contributed by atoms with E-state index in [2.05, 4.69) is 10.4 Å². The third-order valence-corrected chi connectivity index (χ3v) is 2.69. The van der Waals surface area contributed by atoms with Gasteiger partial charge in [0, 0.05) is 18.3 Å². The van der Waals surface area contributed by atoms with Crippen LogP contribution in [0.5, 0.6) is 0 Å². The Morgan fingerprint density at radius 3 is 3.00 bits per heavy atom. The number of nitrogens with one attached hydrogen (secondary N) is 1. The monoisotopic (exact) mass is 237 g/mol.